The van der Waals surface area contributed by atoms with Gasteiger partial charge in [0.1, 0.15) is 35.2 Å². The first kappa shape index (κ1) is 38.6. The van der Waals surface area contributed by atoms with Crippen LogP contribution in [0.4, 0.5) is 5.82 Å². The summed E-state index contributed by atoms with van der Waals surface area (Å²) in [5.74, 6) is 1.26. The van der Waals surface area contributed by atoms with Crippen LogP contribution in [0.3, 0.4) is 0 Å². The lowest BCUT2D eigenvalue weighted by atomic mass is 9.80. The summed E-state index contributed by atoms with van der Waals surface area (Å²) in [4.78, 5) is 30.5. The minimum atomic E-state index is -2.32. The van der Waals surface area contributed by atoms with Gasteiger partial charge in [0.05, 0.1) is 26.9 Å². The third-order valence-electron chi connectivity index (χ3n) is 10.5. The van der Waals surface area contributed by atoms with Crippen molar-refractivity contribution in [2.75, 3.05) is 26.1 Å². The van der Waals surface area contributed by atoms with Crippen LogP contribution in [0.15, 0.2) is 126 Å². The highest BCUT2D eigenvalue weighted by molar-refractivity contribution is 6.74. The van der Waals surface area contributed by atoms with Gasteiger partial charge in [0.15, 0.2) is 8.32 Å². The monoisotopic (exact) mass is 747 g/mol. The Morgan fingerprint density at radius 1 is 0.815 bits per heavy atom. The van der Waals surface area contributed by atoms with Crippen molar-refractivity contribution in [3.05, 3.63) is 154 Å². The second-order valence-electron chi connectivity index (χ2n) is 14.9. The first-order chi connectivity index (χ1) is 25.8. The maximum Gasteiger partial charge on any atom is 0.351 e. The van der Waals surface area contributed by atoms with Gasteiger partial charge < -0.3 is 28.7 Å². The summed E-state index contributed by atoms with van der Waals surface area (Å²) in [5.41, 5.74) is 1.56. The molecule has 0 saturated carbocycles. The first-order valence-electron chi connectivity index (χ1n) is 18.1. The highest BCUT2D eigenvalue weighted by Crippen LogP contribution is 2.44. The van der Waals surface area contributed by atoms with Crippen LogP contribution in [-0.2, 0) is 19.5 Å². The number of nitrogens with zero attached hydrogens (tertiary/aromatic N) is 2. The summed E-state index contributed by atoms with van der Waals surface area (Å²) < 4.78 is 33.5. The van der Waals surface area contributed by atoms with Gasteiger partial charge in [-0.25, -0.2) is 4.79 Å². The number of aromatic nitrogens is 2. The predicted molar refractivity (Wildman–Crippen MR) is 212 cm³/mol. The van der Waals surface area contributed by atoms with Gasteiger partial charge in [-0.3, -0.25) is 9.36 Å². The van der Waals surface area contributed by atoms with Crippen LogP contribution in [0.5, 0.6) is 11.5 Å². The van der Waals surface area contributed by atoms with Crippen LogP contribution in [0.1, 0.15) is 60.5 Å². The van der Waals surface area contributed by atoms with E-state index in [9.17, 15) is 9.59 Å². The summed E-state index contributed by atoms with van der Waals surface area (Å²) in [6.07, 6.45) is 0.395. The number of hydrogen-bond acceptors (Lipinski definition) is 8. The maximum absolute atomic E-state index is 13.5. The smallest absolute Gasteiger partial charge is 0.351 e. The van der Waals surface area contributed by atoms with E-state index in [1.54, 1.807) is 50.7 Å². The molecule has 3 atom stereocenters. The molecule has 1 aliphatic rings. The van der Waals surface area contributed by atoms with Crippen LogP contribution >= 0.6 is 0 Å². The van der Waals surface area contributed by atoms with Gasteiger partial charge in [-0.2, -0.15) is 4.98 Å². The molecule has 0 aliphatic carbocycles. The van der Waals surface area contributed by atoms with Crippen molar-refractivity contribution < 1.29 is 28.2 Å². The van der Waals surface area contributed by atoms with Gasteiger partial charge in [-0.15, -0.1) is 0 Å². The Balaban J connectivity index is 1.36. The van der Waals surface area contributed by atoms with E-state index in [0.29, 0.717) is 12.0 Å². The number of carbonyl (C=O) groups is 1. The van der Waals surface area contributed by atoms with Crippen molar-refractivity contribution in [2.24, 2.45) is 0 Å². The summed E-state index contributed by atoms with van der Waals surface area (Å²) in [5, 5.41) is 2.65. The Hall–Kier alpha value is -5.07. The molecule has 10 nitrogen and oxygen atoms in total. The highest BCUT2D eigenvalue weighted by Gasteiger charge is 2.47. The molecular weight excluding hydrogens is 699 g/mol. The molecule has 5 aromatic rings. The Labute approximate surface area is 318 Å². The zero-order valence-corrected chi connectivity index (χ0v) is 32.9. The maximum atomic E-state index is 13.5. The number of benzene rings is 4. The van der Waals surface area contributed by atoms with E-state index in [1.807, 2.05) is 72.8 Å². The molecule has 1 fully saturated rings. The molecule has 1 aromatic heterocycles. The van der Waals surface area contributed by atoms with Crippen molar-refractivity contribution in [3.8, 4) is 11.5 Å². The van der Waals surface area contributed by atoms with Gasteiger partial charge in [-0.1, -0.05) is 93.6 Å². The third-order valence-corrected chi connectivity index (χ3v) is 15.0. The molecule has 11 heteroatoms. The molecule has 282 valence electrons. The molecule has 1 amide bonds. The number of amides is 1. The number of ether oxygens (including phenoxy) is 4. The highest BCUT2D eigenvalue weighted by atomic mass is 28.4. The molecule has 54 heavy (non-hydrogen) atoms. The second kappa shape index (κ2) is 16.1. The van der Waals surface area contributed by atoms with E-state index in [1.165, 1.54) is 4.57 Å². The molecule has 6 rings (SSSR count). The molecule has 4 aromatic carbocycles. The SMILES string of the molecule is COc1ccc(C(OC[C@H]2O[C@@H](n3ccc(NC(=O)c4ccccc4)nc3=O)C[C@@H]2O[Si](C)(C)C(C)(C)C)(c2ccccc2)c2ccc(OC)cc2)cc1. The zero-order chi connectivity index (χ0) is 38.5. The Kier molecular flexibility index (Phi) is 11.5. The second-order valence-corrected chi connectivity index (χ2v) is 19.7. The number of carbonyl (C=O) groups excluding carboxylic acids is 1. The summed E-state index contributed by atoms with van der Waals surface area (Å²) in [6.45, 7) is 11.1. The van der Waals surface area contributed by atoms with Crippen molar-refractivity contribution in [3.63, 3.8) is 0 Å². The van der Waals surface area contributed by atoms with Crippen molar-refractivity contribution in [2.45, 2.75) is 69.4 Å². The fourth-order valence-electron chi connectivity index (χ4n) is 6.46. The van der Waals surface area contributed by atoms with Gasteiger partial charge in [-0.05, 0) is 77.3 Å². The van der Waals surface area contributed by atoms with Gasteiger partial charge in [0, 0.05) is 18.2 Å². The Morgan fingerprint density at radius 2 is 1.35 bits per heavy atom. The van der Waals surface area contributed by atoms with Gasteiger partial charge in [0.25, 0.3) is 5.91 Å². The average Bonchev–Trinajstić information content (AvgIpc) is 3.57. The lowest BCUT2D eigenvalue weighted by molar-refractivity contribution is -0.0928. The third kappa shape index (κ3) is 8.19. The molecule has 0 unspecified atom stereocenters. The molecule has 0 spiro atoms. The number of anilines is 1. The fourth-order valence-corrected chi connectivity index (χ4v) is 7.82. The summed E-state index contributed by atoms with van der Waals surface area (Å²) >= 11 is 0. The van der Waals surface area contributed by atoms with Gasteiger partial charge in [0.2, 0.25) is 0 Å². The zero-order valence-electron chi connectivity index (χ0n) is 31.9. The quantitative estimate of drug-likeness (QED) is 0.0949. The molecule has 0 radical (unpaired) electrons. The van der Waals surface area contributed by atoms with Crippen LogP contribution in [0.2, 0.25) is 18.1 Å². The van der Waals surface area contributed by atoms with E-state index in [0.717, 1.165) is 28.2 Å². The van der Waals surface area contributed by atoms with Crippen LogP contribution in [-0.4, -0.2) is 56.8 Å². The lowest BCUT2D eigenvalue weighted by Gasteiger charge is -2.40. The predicted octanol–water partition coefficient (Wildman–Crippen LogP) is 8.20. The molecular formula is C43H49N3O7Si. The molecule has 1 aliphatic heterocycles. The normalized spacial score (nSPS) is 17.6. The lowest BCUT2D eigenvalue weighted by Crippen LogP contribution is -2.47. The first-order valence-corrected chi connectivity index (χ1v) is 21.0. The minimum Gasteiger partial charge on any atom is -0.497 e. The van der Waals surface area contributed by atoms with E-state index in [4.69, 9.17) is 23.4 Å². The van der Waals surface area contributed by atoms with Gasteiger partial charge >= 0.3 is 5.69 Å². The number of hydrogen-bond donors (Lipinski definition) is 1. The number of methoxy groups -OCH3 is 2. The van der Waals surface area contributed by atoms with E-state index in [-0.39, 0.29) is 29.5 Å². The Morgan fingerprint density at radius 3 is 1.87 bits per heavy atom. The summed E-state index contributed by atoms with van der Waals surface area (Å²) in [6, 6.07) is 36.2. The molecule has 1 saturated heterocycles. The Bertz CT molecular complexity index is 2020. The van der Waals surface area contributed by atoms with Crippen molar-refractivity contribution in [1.29, 1.82) is 0 Å². The topological polar surface area (TPSA) is 110 Å². The van der Waals surface area contributed by atoms with Crippen LogP contribution in [0.25, 0.3) is 0 Å². The average molecular weight is 748 g/mol. The largest absolute Gasteiger partial charge is 0.497 e. The standard InChI is InChI=1S/C43H49N3O7Si/c1-42(2,3)54(6,7)53-36-28-39(46-27-26-38(45-41(46)48)44-40(47)30-14-10-8-11-15-30)52-37(36)29-51-43(31-16-12-9-13-17-31,32-18-22-34(49-4)23-19-32)33-20-24-35(50-5)25-21-33/h8-27,36-37,39H,28-29H2,1-7H3,(H,44,45,47,48)/t36-,37+,39+/m0/s1. The van der Waals surface area contributed by atoms with Crippen molar-refractivity contribution >= 4 is 20.0 Å². The van der Waals surface area contributed by atoms with E-state index in [2.05, 4.69) is 56.3 Å². The number of rotatable bonds is 13. The summed E-state index contributed by atoms with van der Waals surface area (Å²) in [7, 11) is 0.971. The van der Waals surface area contributed by atoms with E-state index < -0.39 is 31.9 Å². The number of nitrogens with one attached hydrogen (secondary N) is 1. The molecule has 1 N–H and O–H groups in total. The fraction of sp³-hybridized carbons (Fsp3) is 0.326. The molecule has 2 heterocycles. The van der Waals surface area contributed by atoms with Crippen LogP contribution in [0, 0.1) is 0 Å². The van der Waals surface area contributed by atoms with E-state index >= 15 is 0 Å². The minimum absolute atomic E-state index is 0.0759. The molecule has 0 bridgehead atoms. The van der Waals surface area contributed by atoms with Crippen molar-refractivity contribution in [1.82, 2.24) is 9.55 Å². The van der Waals surface area contributed by atoms with Crippen LogP contribution < -0.4 is 20.5 Å².